The van der Waals surface area contributed by atoms with Crippen molar-refractivity contribution < 1.29 is 9.90 Å². The molecule has 4 aliphatic rings. The van der Waals surface area contributed by atoms with E-state index in [4.69, 9.17) is 11.6 Å². The second-order valence-corrected chi connectivity index (χ2v) is 9.28. The first kappa shape index (κ1) is 14.8. The number of carbonyl (C=O) groups excluding carboxylic acids is 1. The zero-order chi connectivity index (χ0) is 15.4. The molecule has 120 valence electrons. The normalized spacial score (nSPS) is 39.0. The fourth-order valence-corrected chi connectivity index (χ4v) is 6.29. The van der Waals surface area contributed by atoms with Gasteiger partial charge in [-0.15, -0.1) is 11.3 Å². The topological polar surface area (TPSA) is 61.4 Å². The molecule has 4 nitrogen and oxygen atoms in total. The summed E-state index contributed by atoms with van der Waals surface area (Å²) in [5.41, 5.74) is -0.741. The second kappa shape index (κ2) is 5.11. The van der Waals surface area contributed by atoms with Gasteiger partial charge in [0.1, 0.15) is 0 Å². The number of nitrogens with one attached hydrogen (secondary N) is 2. The lowest BCUT2D eigenvalue weighted by atomic mass is 9.51. The van der Waals surface area contributed by atoms with Crippen molar-refractivity contribution in [2.75, 3.05) is 0 Å². The van der Waals surface area contributed by atoms with Gasteiger partial charge in [-0.25, -0.2) is 4.79 Å². The minimum atomic E-state index is -0.543. The molecule has 0 saturated heterocycles. The second-order valence-electron chi connectivity index (χ2n) is 7.48. The van der Waals surface area contributed by atoms with Gasteiger partial charge in [-0.1, -0.05) is 11.6 Å². The molecule has 2 amide bonds. The van der Waals surface area contributed by atoms with Crippen LogP contribution in [0.15, 0.2) is 12.1 Å². The van der Waals surface area contributed by atoms with Crippen molar-refractivity contribution in [1.29, 1.82) is 0 Å². The summed E-state index contributed by atoms with van der Waals surface area (Å²) in [7, 11) is 0. The van der Waals surface area contributed by atoms with E-state index < -0.39 is 5.60 Å². The van der Waals surface area contributed by atoms with Crippen molar-refractivity contribution in [3.8, 4) is 0 Å². The number of rotatable bonds is 3. The highest BCUT2D eigenvalue weighted by molar-refractivity contribution is 7.16. The van der Waals surface area contributed by atoms with Crippen LogP contribution in [0.25, 0.3) is 0 Å². The summed E-state index contributed by atoms with van der Waals surface area (Å²) < 4.78 is 0.737. The first-order valence-corrected chi connectivity index (χ1v) is 9.16. The molecule has 0 aromatic carbocycles. The van der Waals surface area contributed by atoms with Gasteiger partial charge in [0.05, 0.1) is 16.5 Å². The van der Waals surface area contributed by atoms with Crippen molar-refractivity contribution in [2.24, 2.45) is 11.8 Å². The van der Waals surface area contributed by atoms with Gasteiger partial charge in [0.25, 0.3) is 0 Å². The zero-order valence-corrected chi connectivity index (χ0v) is 14.0. The van der Waals surface area contributed by atoms with Crippen LogP contribution < -0.4 is 10.6 Å². The molecule has 4 aliphatic carbocycles. The van der Waals surface area contributed by atoms with Crippen molar-refractivity contribution in [3.05, 3.63) is 21.3 Å². The Bertz CT molecular complexity index is 589. The van der Waals surface area contributed by atoms with Crippen molar-refractivity contribution in [3.63, 3.8) is 0 Å². The maximum atomic E-state index is 12.3. The molecule has 5 rings (SSSR count). The van der Waals surface area contributed by atoms with Crippen LogP contribution in [0.4, 0.5) is 4.79 Å². The minimum absolute atomic E-state index is 0.130. The quantitative estimate of drug-likeness (QED) is 0.790. The van der Waals surface area contributed by atoms with Gasteiger partial charge in [-0.05, 0) is 62.5 Å². The lowest BCUT2D eigenvalue weighted by Gasteiger charge is -2.60. The molecule has 0 spiro atoms. The van der Waals surface area contributed by atoms with E-state index in [9.17, 15) is 9.90 Å². The molecule has 4 fully saturated rings. The van der Waals surface area contributed by atoms with Gasteiger partial charge in [0, 0.05) is 10.4 Å². The minimum Gasteiger partial charge on any atom is -0.390 e. The first-order chi connectivity index (χ1) is 10.4. The third kappa shape index (κ3) is 2.74. The number of amides is 2. The first-order valence-electron chi connectivity index (χ1n) is 7.96. The third-order valence-electron chi connectivity index (χ3n) is 5.46. The van der Waals surface area contributed by atoms with Crippen LogP contribution in [0.1, 0.15) is 43.4 Å². The number of hydrogen-bond acceptors (Lipinski definition) is 3. The Kier molecular flexibility index (Phi) is 3.44. The Morgan fingerprint density at radius 1 is 1.32 bits per heavy atom. The molecule has 0 radical (unpaired) electrons. The monoisotopic (exact) mass is 340 g/mol. The summed E-state index contributed by atoms with van der Waals surface area (Å²) in [5.74, 6) is 1.14. The number of urea groups is 1. The molecule has 3 N–H and O–H groups in total. The molecule has 1 aromatic rings. The van der Waals surface area contributed by atoms with Gasteiger partial charge in [0.2, 0.25) is 0 Å². The third-order valence-corrected chi connectivity index (χ3v) is 6.69. The number of hydrogen-bond donors (Lipinski definition) is 3. The van der Waals surface area contributed by atoms with Crippen LogP contribution in [0.5, 0.6) is 0 Å². The van der Waals surface area contributed by atoms with Crippen LogP contribution in [0.3, 0.4) is 0 Å². The van der Waals surface area contributed by atoms with E-state index in [0.29, 0.717) is 24.8 Å². The van der Waals surface area contributed by atoms with Crippen LogP contribution >= 0.6 is 22.9 Å². The van der Waals surface area contributed by atoms with E-state index >= 15 is 0 Å². The van der Waals surface area contributed by atoms with E-state index in [1.165, 1.54) is 17.8 Å². The van der Waals surface area contributed by atoms with Crippen molar-refractivity contribution in [2.45, 2.75) is 56.2 Å². The molecule has 22 heavy (non-hydrogen) atoms. The lowest BCUT2D eigenvalue weighted by Crippen LogP contribution is -2.66. The van der Waals surface area contributed by atoms with Crippen LogP contribution in [-0.4, -0.2) is 22.3 Å². The van der Waals surface area contributed by atoms with Crippen LogP contribution in [-0.2, 0) is 6.54 Å². The molecule has 4 bridgehead atoms. The molecule has 1 aromatic heterocycles. The zero-order valence-electron chi connectivity index (χ0n) is 12.4. The molecule has 1 heterocycles. The average molecular weight is 341 g/mol. The highest BCUT2D eigenvalue weighted by Crippen LogP contribution is 2.57. The molecular formula is C16H21ClN2O2S. The number of carbonyl (C=O) groups is 1. The number of aliphatic hydroxyl groups is 1. The summed E-state index contributed by atoms with van der Waals surface area (Å²) in [4.78, 5) is 13.3. The van der Waals surface area contributed by atoms with Crippen molar-refractivity contribution >= 4 is 29.0 Å². The number of halogens is 1. The average Bonchev–Trinajstić information content (AvgIpc) is 2.78. The standard InChI is InChI=1S/C16H21ClN2O2S/c17-13-2-1-12(22-13)8-18-14(20)19-15-4-10-3-11(5-15)7-16(21,6-10)9-15/h1-2,10-11,21H,3-9H2,(H2,18,19,20). The Morgan fingerprint density at radius 2 is 2.05 bits per heavy atom. The van der Waals surface area contributed by atoms with Gasteiger partial charge in [-0.3, -0.25) is 0 Å². The molecule has 2 atom stereocenters. The van der Waals surface area contributed by atoms with E-state index in [1.54, 1.807) is 0 Å². The maximum Gasteiger partial charge on any atom is 0.315 e. The summed E-state index contributed by atoms with van der Waals surface area (Å²) in [6, 6.07) is 3.64. The lowest BCUT2D eigenvalue weighted by molar-refractivity contribution is -0.139. The van der Waals surface area contributed by atoms with Gasteiger partial charge in [0.15, 0.2) is 0 Å². The number of thiophene rings is 1. The van der Waals surface area contributed by atoms with E-state index in [-0.39, 0.29) is 11.6 Å². The Labute approximate surface area is 139 Å². The fraction of sp³-hybridized carbons (Fsp3) is 0.688. The predicted molar refractivity (Wildman–Crippen MR) is 87.1 cm³/mol. The van der Waals surface area contributed by atoms with E-state index in [2.05, 4.69) is 10.6 Å². The smallest absolute Gasteiger partial charge is 0.315 e. The van der Waals surface area contributed by atoms with Crippen LogP contribution in [0, 0.1) is 11.8 Å². The summed E-state index contributed by atoms with van der Waals surface area (Å²) in [6.45, 7) is 0.496. The summed E-state index contributed by atoms with van der Waals surface area (Å²) >= 11 is 7.38. The largest absolute Gasteiger partial charge is 0.390 e. The maximum absolute atomic E-state index is 12.3. The summed E-state index contributed by atoms with van der Waals surface area (Å²) in [5, 5.41) is 16.8. The molecule has 2 unspecified atom stereocenters. The predicted octanol–water partition coefficient (Wildman–Crippen LogP) is 3.28. The SMILES string of the molecule is O=C(NCc1ccc(Cl)s1)NC12CC3CC(CC(O)(C3)C1)C2. The molecular weight excluding hydrogens is 320 g/mol. The van der Waals surface area contributed by atoms with Crippen LogP contribution in [0.2, 0.25) is 4.34 Å². The van der Waals surface area contributed by atoms with Gasteiger partial charge >= 0.3 is 6.03 Å². The van der Waals surface area contributed by atoms with Crippen molar-refractivity contribution in [1.82, 2.24) is 10.6 Å². The van der Waals surface area contributed by atoms with Gasteiger partial charge < -0.3 is 15.7 Å². The van der Waals surface area contributed by atoms with Gasteiger partial charge in [-0.2, -0.15) is 0 Å². The molecule has 6 heteroatoms. The highest BCUT2D eigenvalue weighted by atomic mass is 35.5. The molecule has 0 aliphatic heterocycles. The van der Waals surface area contributed by atoms with E-state index in [0.717, 1.165) is 34.9 Å². The Balaban J connectivity index is 1.39. The fourth-order valence-electron chi connectivity index (χ4n) is 5.26. The van der Waals surface area contributed by atoms with E-state index in [1.807, 2.05) is 12.1 Å². The Hall–Kier alpha value is -0.780. The molecule has 4 saturated carbocycles. The highest BCUT2D eigenvalue weighted by Gasteiger charge is 2.57. The summed E-state index contributed by atoms with van der Waals surface area (Å²) in [6.07, 6.45) is 5.81. The Morgan fingerprint density at radius 3 is 2.64 bits per heavy atom.